The Labute approximate surface area is 164 Å². The molecule has 0 aromatic heterocycles. The molecule has 0 aliphatic rings. The van der Waals surface area contributed by atoms with Crippen LogP contribution in [0.15, 0.2) is 48.5 Å². The van der Waals surface area contributed by atoms with Crippen molar-refractivity contribution in [3.05, 3.63) is 65.2 Å². The molecule has 2 rings (SSSR count). The first-order valence-corrected chi connectivity index (χ1v) is 9.93. The van der Waals surface area contributed by atoms with Gasteiger partial charge in [0, 0.05) is 30.0 Å². The maximum atomic E-state index is 10.6. The smallest absolute Gasteiger partial charge is 0.119 e. The number of hydrogen-bond donors (Lipinski definition) is 1. The summed E-state index contributed by atoms with van der Waals surface area (Å²) in [6, 6.07) is 19.4. The van der Waals surface area contributed by atoms with E-state index in [9.17, 15) is 5.11 Å². The number of aromatic hydroxyl groups is 1. The van der Waals surface area contributed by atoms with Gasteiger partial charge in [-0.3, -0.25) is 4.90 Å². The second-order valence-electron chi connectivity index (χ2n) is 7.73. The van der Waals surface area contributed by atoms with E-state index >= 15 is 0 Å². The Bertz CT molecular complexity index is 739. The fourth-order valence-electron chi connectivity index (χ4n) is 3.82. The molecule has 0 radical (unpaired) electrons. The van der Waals surface area contributed by atoms with E-state index < -0.39 is 0 Å². The predicted molar refractivity (Wildman–Crippen MR) is 112 cm³/mol. The summed E-state index contributed by atoms with van der Waals surface area (Å²) in [7, 11) is 0. The average molecular weight is 365 g/mol. The Balaban J connectivity index is 2.35. The number of nitrogens with zero attached hydrogens (tertiary/aromatic N) is 2. The lowest BCUT2D eigenvalue weighted by atomic mass is 9.86. The van der Waals surface area contributed by atoms with Gasteiger partial charge in [0.2, 0.25) is 0 Å². The molecule has 0 amide bonds. The molecule has 0 unspecified atom stereocenters. The molecule has 3 heteroatoms. The van der Waals surface area contributed by atoms with Gasteiger partial charge in [0.1, 0.15) is 5.75 Å². The van der Waals surface area contributed by atoms with Crippen LogP contribution in [-0.2, 0) is 6.42 Å². The summed E-state index contributed by atoms with van der Waals surface area (Å²) in [5.74, 6) is 0.471. The zero-order chi connectivity index (χ0) is 19.8. The summed E-state index contributed by atoms with van der Waals surface area (Å²) in [5, 5.41) is 19.5. The first-order valence-electron chi connectivity index (χ1n) is 9.93. The number of aryl methyl sites for hydroxylation is 1. The summed E-state index contributed by atoms with van der Waals surface area (Å²) in [6.45, 7) is 9.90. The van der Waals surface area contributed by atoms with Gasteiger partial charge in [0.05, 0.1) is 6.07 Å². The first kappa shape index (κ1) is 21.0. The molecule has 0 heterocycles. The molecule has 0 spiro atoms. The van der Waals surface area contributed by atoms with E-state index in [-0.39, 0.29) is 5.92 Å². The van der Waals surface area contributed by atoms with Crippen LogP contribution in [-0.4, -0.2) is 28.6 Å². The average Bonchev–Trinajstić information content (AvgIpc) is 2.65. The molecule has 0 fully saturated rings. The summed E-state index contributed by atoms with van der Waals surface area (Å²) in [5.41, 5.74) is 3.29. The predicted octanol–water partition coefficient (Wildman–Crippen LogP) is 5.49. The van der Waals surface area contributed by atoms with Gasteiger partial charge in [-0.1, -0.05) is 42.5 Å². The van der Waals surface area contributed by atoms with Crippen molar-refractivity contribution in [3.8, 4) is 11.8 Å². The SMILES string of the molecule is CC(C)N(CC[C@H](c1ccccc1)c1cc(CCC#N)ccc1O)C(C)C. The van der Waals surface area contributed by atoms with E-state index in [1.165, 1.54) is 5.56 Å². The minimum Gasteiger partial charge on any atom is -0.508 e. The van der Waals surface area contributed by atoms with Crippen molar-refractivity contribution in [2.45, 2.75) is 65.0 Å². The Hall–Kier alpha value is -2.31. The Morgan fingerprint density at radius 3 is 2.26 bits per heavy atom. The number of phenols is 1. The lowest BCUT2D eigenvalue weighted by molar-refractivity contribution is 0.170. The highest BCUT2D eigenvalue weighted by molar-refractivity contribution is 5.44. The summed E-state index contributed by atoms with van der Waals surface area (Å²) >= 11 is 0. The summed E-state index contributed by atoms with van der Waals surface area (Å²) in [4.78, 5) is 2.49. The van der Waals surface area contributed by atoms with E-state index in [1.54, 1.807) is 6.07 Å². The largest absolute Gasteiger partial charge is 0.508 e. The summed E-state index contributed by atoms with van der Waals surface area (Å²) < 4.78 is 0. The molecule has 1 N–H and O–H groups in total. The van der Waals surface area contributed by atoms with Gasteiger partial charge in [0.25, 0.3) is 0 Å². The Morgan fingerprint density at radius 2 is 1.67 bits per heavy atom. The number of hydrogen-bond acceptors (Lipinski definition) is 3. The van der Waals surface area contributed by atoms with Gasteiger partial charge in [-0.2, -0.15) is 5.26 Å². The lowest BCUT2D eigenvalue weighted by Gasteiger charge is -2.32. The van der Waals surface area contributed by atoms with E-state index in [0.29, 0.717) is 24.3 Å². The Kier molecular flexibility index (Phi) is 7.88. The molecule has 144 valence electrons. The van der Waals surface area contributed by atoms with Gasteiger partial charge in [-0.25, -0.2) is 0 Å². The quantitative estimate of drug-likeness (QED) is 0.640. The van der Waals surface area contributed by atoms with Crippen LogP contribution < -0.4 is 0 Å². The van der Waals surface area contributed by atoms with Gasteiger partial charge in [0.15, 0.2) is 0 Å². The maximum absolute atomic E-state index is 10.6. The fourth-order valence-corrected chi connectivity index (χ4v) is 3.82. The van der Waals surface area contributed by atoms with Crippen molar-refractivity contribution in [3.63, 3.8) is 0 Å². The molecule has 27 heavy (non-hydrogen) atoms. The monoisotopic (exact) mass is 364 g/mol. The fraction of sp³-hybridized carbons (Fsp3) is 0.458. The molecule has 2 aromatic carbocycles. The highest BCUT2D eigenvalue weighted by atomic mass is 16.3. The van der Waals surface area contributed by atoms with Crippen molar-refractivity contribution >= 4 is 0 Å². The molecule has 0 saturated carbocycles. The zero-order valence-corrected chi connectivity index (χ0v) is 17.0. The molecule has 0 aliphatic heterocycles. The third-order valence-electron chi connectivity index (χ3n) is 5.20. The van der Waals surface area contributed by atoms with Crippen LogP contribution in [0.4, 0.5) is 0 Å². The third-order valence-corrected chi connectivity index (χ3v) is 5.20. The molecular formula is C24H32N2O. The lowest BCUT2D eigenvalue weighted by Crippen LogP contribution is -2.38. The van der Waals surface area contributed by atoms with Gasteiger partial charge in [-0.15, -0.1) is 0 Å². The normalized spacial score (nSPS) is 12.5. The standard InChI is InChI=1S/C24H32N2O/c1-18(2)26(19(3)4)16-14-22(21-10-6-5-7-11-21)23-17-20(9-8-15-25)12-13-24(23)27/h5-7,10-13,17-19,22,27H,8-9,14,16H2,1-4H3/t22-/m1/s1. The minimum atomic E-state index is 0.133. The minimum absolute atomic E-state index is 0.133. The van der Waals surface area contributed by atoms with Crippen LogP contribution in [0.3, 0.4) is 0 Å². The van der Waals surface area contributed by atoms with Crippen molar-refractivity contribution in [1.82, 2.24) is 4.90 Å². The molecule has 1 atom stereocenters. The van der Waals surface area contributed by atoms with Crippen molar-refractivity contribution < 1.29 is 5.11 Å². The third kappa shape index (κ3) is 5.84. The van der Waals surface area contributed by atoms with Crippen molar-refractivity contribution in [1.29, 1.82) is 5.26 Å². The van der Waals surface area contributed by atoms with E-state index in [1.807, 2.05) is 12.1 Å². The number of benzene rings is 2. The zero-order valence-electron chi connectivity index (χ0n) is 17.0. The van der Waals surface area contributed by atoms with E-state index in [2.05, 4.69) is 69.0 Å². The molecule has 0 bridgehead atoms. The van der Waals surface area contributed by atoms with Crippen LogP contribution >= 0.6 is 0 Å². The molecule has 2 aromatic rings. The number of rotatable bonds is 9. The first-order chi connectivity index (χ1) is 12.9. The van der Waals surface area contributed by atoms with Gasteiger partial charge < -0.3 is 5.11 Å². The van der Waals surface area contributed by atoms with Crippen LogP contribution in [0.1, 0.15) is 63.1 Å². The van der Waals surface area contributed by atoms with Crippen LogP contribution in [0.25, 0.3) is 0 Å². The second-order valence-corrected chi connectivity index (χ2v) is 7.73. The number of phenolic OH excluding ortho intramolecular Hbond substituents is 1. The van der Waals surface area contributed by atoms with Crippen molar-refractivity contribution in [2.75, 3.05) is 6.54 Å². The van der Waals surface area contributed by atoms with Crippen molar-refractivity contribution in [2.24, 2.45) is 0 Å². The highest BCUT2D eigenvalue weighted by Gasteiger charge is 2.21. The summed E-state index contributed by atoms with van der Waals surface area (Å²) in [6.07, 6.45) is 2.15. The molecule has 0 aliphatic carbocycles. The van der Waals surface area contributed by atoms with Gasteiger partial charge >= 0.3 is 0 Å². The maximum Gasteiger partial charge on any atom is 0.119 e. The molecule has 0 saturated heterocycles. The molecule has 3 nitrogen and oxygen atoms in total. The highest BCUT2D eigenvalue weighted by Crippen LogP contribution is 2.35. The number of nitriles is 1. The van der Waals surface area contributed by atoms with Crippen LogP contribution in [0.2, 0.25) is 0 Å². The van der Waals surface area contributed by atoms with E-state index in [0.717, 1.165) is 30.5 Å². The van der Waals surface area contributed by atoms with Crippen LogP contribution in [0, 0.1) is 11.3 Å². The van der Waals surface area contributed by atoms with Gasteiger partial charge in [-0.05, 0) is 64.3 Å². The molecular weight excluding hydrogens is 332 g/mol. The van der Waals surface area contributed by atoms with Crippen LogP contribution in [0.5, 0.6) is 5.75 Å². The topological polar surface area (TPSA) is 47.3 Å². The Morgan fingerprint density at radius 1 is 1.00 bits per heavy atom. The van der Waals surface area contributed by atoms with E-state index in [4.69, 9.17) is 5.26 Å². The second kappa shape index (κ2) is 10.1.